The zero-order valence-corrected chi connectivity index (χ0v) is 14.9. The maximum Gasteiger partial charge on any atom is 0.291 e. The van der Waals surface area contributed by atoms with Crippen LogP contribution in [-0.4, -0.2) is 49.3 Å². The molecule has 2 heterocycles. The number of thioether (sulfide) groups is 1. The first-order valence-electron chi connectivity index (χ1n) is 7.96. The third-order valence-electron chi connectivity index (χ3n) is 4.40. The van der Waals surface area contributed by atoms with E-state index >= 15 is 0 Å². The lowest BCUT2D eigenvalue weighted by Crippen LogP contribution is -2.31. The summed E-state index contributed by atoms with van der Waals surface area (Å²) in [5.41, 5.74) is 6.35. The van der Waals surface area contributed by atoms with Crippen molar-refractivity contribution in [3.63, 3.8) is 0 Å². The van der Waals surface area contributed by atoms with Gasteiger partial charge in [-0.15, -0.1) is 0 Å². The van der Waals surface area contributed by atoms with Gasteiger partial charge in [0, 0.05) is 30.4 Å². The number of likely N-dealkylation sites (N-methyl/N-ethyl adjacent to an activating group) is 1. The van der Waals surface area contributed by atoms with Gasteiger partial charge in [-0.3, -0.25) is 14.9 Å². The number of hydrogen-bond acceptors (Lipinski definition) is 5. The van der Waals surface area contributed by atoms with Gasteiger partial charge in [0.2, 0.25) is 0 Å². The first-order valence-corrected chi connectivity index (χ1v) is 8.77. The zero-order valence-electron chi connectivity index (χ0n) is 14.1. The van der Waals surface area contributed by atoms with E-state index < -0.39 is 0 Å². The first-order chi connectivity index (χ1) is 11.4. The number of rotatable bonds is 3. The van der Waals surface area contributed by atoms with E-state index in [4.69, 9.17) is 0 Å². The third-order valence-corrected chi connectivity index (χ3v) is 5.19. The minimum Gasteiger partial charge on any atom is -0.369 e. The van der Waals surface area contributed by atoms with Gasteiger partial charge in [0.15, 0.2) is 0 Å². The minimum absolute atomic E-state index is 0.319. The van der Waals surface area contributed by atoms with Gasteiger partial charge in [-0.25, -0.2) is 0 Å². The molecule has 126 valence electrons. The number of amides is 2. The van der Waals surface area contributed by atoms with Crippen molar-refractivity contribution >= 4 is 34.7 Å². The van der Waals surface area contributed by atoms with E-state index in [9.17, 15) is 9.59 Å². The van der Waals surface area contributed by atoms with Crippen LogP contribution in [0.1, 0.15) is 17.5 Å². The van der Waals surface area contributed by atoms with Crippen molar-refractivity contribution in [3.05, 3.63) is 40.0 Å². The van der Waals surface area contributed by atoms with E-state index in [1.165, 1.54) is 5.56 Å². The summed E-state index contributed by atoms with van der Waals surface area (Å²) in [5, 5.41) is 1.91. The molecular weight excluding hydrogens is 322 g/mol. The number of nitrogens with one attached hydrogen (secondary N) is 1. The van der Waals surface area contributed by atoms with Gasteiger partial charge >= 0.3 is 0 Å². The van der Waals surface area contributed by atoms with Crippen LogP contribution in [0.15, 0.2) is 28.8 Å². The highest BCUT2D eigenvalue weighted by atomic mass is 32.2. The maximum atomic E-state index is 11.6. The normalized spacial score (nSPS) is 20.6. The quantitative estimate of drug-likeness (QED) is 0.675. The van der Waals surface area contributed by atoms with Gasteiger partial charge in [0.1, 0.15) is 4.91 Å². The summed E-state index contributed by atoms with van der Waals surface area (Å²) >= 11 is 0.893. The summed E-state index contributed by atoms with van der Waals surface area (Å²) in [6.07, 6.45) is 2.94. The Morgan fingerprint density at radius 2 is 2.17 bits per heavy atom. The molecule has 2 amide bonds. The number of carbonyl (C=O) groups excluding carboxylic acids is 2. The molecular formula is C18H21N3O2S. The van der Waals surface area contributed by atoms with Crippen LogP contribution in [0.5, 0.6) is 0 Å². The van der Waals surface area contributed by atoms with Crippen LogP contribution < -0.4 is 10.2 Å². The van der Waals surface area contributed by atoms with Crippen molar-refractivity contribution in [2.45, 2.75) is 19.4 Å². The molecule has 1 aromatic carbocycles. The van der Waals surface area contributed by atoms with Crippen LogP contribution in [0, 0.1) is 6.92 Å². The molecule has 0 bridgehead atoms. The maximum absolute atomic E-state index is 11.6. The van der Waals surface area contributed by atoms with Crippen molar-refractivity contribution in [2.24, 2.45) is 0 Å². The van der Waals surface area contributed by atoms with Crippen LogP contribution >= 0.6 is 11.8 Å². The van der Waals surface area contributed by atoms with E-state index in [0.717, 1.165) is 42.5 Å². The van der Waals surface area contributed by atoms with E-state index in [2.05, 4.69) is 47.9 Å². The number of hydrogen-bond donors (Lipinski definition) is 1. The summed E-state index contributed by atoms with van der Waals surface area (Å²) in [7, 11) is 4.23. The molecule has 0 aliphatic carbocycles. The van der Waals surface area contributed by atoms with Crippen molar-refractivity contribution < 1.29 is 9.59 Å². The molecule has 0 radical (unpaired) electrons. The average molecular weight is 343 g/mol. The Morgan fingerprint density at radius 1 is 1.38 bits per heavy atom. The fraction of sp³-hybridized carbons (Fsp3) is 0.389. The molecule has 1 aromatic rings. The number of imide groups is 1. The molecule has 0 aromatic heterocycles. The van der Waals surface area contributed by atoms with Crippen molar-refractivity contribution in [1.82, 2.24) is 10.2 Å². The fourth-order valence-electron chi connectivity index (χ4n) is 2.98. The van der Waals surface area contributed by atoms with Crippen LogP contribution in [0.25, 0.3) is 6.08 Å². The van der Waals surface area contributed by atoms with Gasteiger partial charge in [0.05, 0.1) is 0 Å². The lowest BCUT2D eigenvalue weighted by molar-refractivity contribution is -0.115. The SMILES string of the molecule is Cc1ccc(C=C=C2SC(=O)NC2=O)c(N2CC[C@H](N(C)C)C2)c1. The van der Waals surface area contributed by atoms with Crippen molar-refractivity contribution in [2.75, 3.05) is 32.1 Å². The minimum atomic E-state index is -0.372. The molecule has 2 aliphatic rings. The highest BCUT2D eigenvalue weighted by Crippen LogP contribution is 2.29. The molecule has 6 heteroatoms. The topological polar surface area (TPSA) is 52.7 Å². The van der Waals surface area contributed by atoms with Crippen LogP contribution in [0.3, 0.4) is 0 Å². The second kappa shape index (κ2) is 6.85. The number of aryl methyl sites for hydroxylation is 1. The first kappa shape index (κ1) is 16.8. The van der Waals surface area contributed by atoms with Gasteiger partial charge in [0.25, 0.3) is 11.1 Å². The summed E-state index contributed by atoms with van der Waals surface area (Å²) in [6.45, 7) is 4.08. The number of anilines is 1. The van der Waals surface area contributed by atoms with Crippen molar-refractivity contribution in [3.8, 4) is 0 Å². The second-order valence-corrected chi connectivity index (χ2v) is 7.36. The van der Waals surface area contributed by atoms with E-state index in [1.807, 2.05) is 12.1 Å². The Balaban J connectivity index is 1.91. The molecule has 3 rings (SSSR count). The Morgan fingerprint density at radius 3 is 2.79 bits per heavy atom. The molecule has 0 saturated carbocycles. The highest BCUT2D eigenvalue weighted by Gasteiger charge is 2.26. The molecule has 5 nitrogen and oxygen atoms in total. The largest absolute Gasteiger partial charge is 0.369 e. The number of nitrogens with zero attached hydrogens (tertiary/aromatic N) is 2. The lowest BCUT2D eigenvalue weighted by Gasteiger charge is -2.23. The van der Waals surface area contributed by atoms with Gasteiger partial charge in [-0.05, 0) is 56.9 Å². The number of benzene rings is 1. The Kier molecular flexibility index (Phi) is 4.81. The van der Waals surface area contributed by atoms with Gasteiger partial charge in [-0.1, -0.05) is 17.9 Å². The molecule has 0 unspecified atom stereocenters. The van der Waals surface area contributed by atoms with Crippen molar-refractivity contribution in [1.29, 1.82) is 0 Å². The highest BCUT2D eigenvalue weighted by molar-refractivity contribution is 8.18. The summed E-state index contributed by atoms with van der Waals surface area (Å²) in [5.74, 6) is -0.372. The third kappa shape index (κ3) is 3.56. The average Bonchev–Trinajstić information content (AvgIpc) is 3.13. The molecule has 24 heavy (non-hydrogen) atoms. The molecule has 2 aliphatic heterocycles. The summed E-state index contributed by atoms with van der Waals surface area (Å²) in [4.78, 5) is 27.8. The fourth-order valence-corrected chi connectivity index (χ4v) is 3.57. The molecule has 1 N–H and O–H groups in total. The standard InChI is InChI=1S/C18H21N3O2S/c1-12-4-5-13(6-7-16-17(22)19-18(23)24-16)15(10-12)21-9-8-14(11-21)20(2)3/h4-6,10,14H,8-9,11H2,1-3H3,(H,19,22,23)/t7?,14-/m0/s1. The van der Waals surface area contributed by atoms with Crippen LogP contribution in [0.4, 0.5) is 10.5 Å². The van der Waals surface area contributed by atoms with E-state index in [-0.39, 0.29) is 11.1 Å². The smallest absolute Gasteiger partial charge is 0.291 e. The number of carbonyl (C=O) groups is 2. The van der Waals surface area contributed by atoms with Gasteiger partial charge < -0.3 is 9.80 Å². The summed E-state index contributed by atoms with van der Waals surface area (Å²) in [6, 6.07) is 6.81. The Labute approximate surface area is 146 Å². The monoisotopic (exact) mass is 343 g/mol. The molecule has 2 saturated heterocycles. The lowest BCUT2D eigenvalue weighted by atomic mass is 10.1. The predicted octanol–water partition coefficient (Wildman–Crippen LogP) is 2.61. The molecule has 1 atom stereocenters. The van der Waals surface area contributed by atoms with E-state index in [0.29, 0.717) is 10.9 Å². The molecule has 2 fully saturated rings. The Hall–Kier alpha value is -2.01. The molecule has 0 spiro atoms. The predicted molar refractivity (Wildman–Crippen MR) is 98.1 cm³/mol. The Bertz CT molecular complexity index is 751. The van der Waals surface area contributed by atoms with Crippen LogP contribution in [-0.2, 0) is 4.79 Å². The zero-order chi connectivity index (χ0) is 17.3. The summed E-state index contributed by atoms with van der Waals surface area (Å²) < 4.78 is 0. The van der Waals surface area contributed by atoms with E-state index in [1.54, 1.807) is 6.08 Å². The second-order valence-electron chi connectivity index (χ2n) is 6.38. The van der Waals surface area contributed by atoms with Gasteiger partial charge in [-0.2, -0.15) is 0 Å². The van der Waals surface area contributed by atoms with Crippen LogP contribution in [0.2, 0.25) is 0 Å².